The van der Waals surface area contributed by atoms with E-state index < -0.39 is 0 Å². The predicted octanol–water partition coefficient (Wildman–Crippen LogP) is 2.91. The Bertz CT molecular complexity index is 397. The molecule has 2 nitrogen and oxygen atoms in total. The molecule has 1 N–H and O–H groups in total. The highest BCUT2D eigenvalue weighted by Crippen LogP contribution is 2.34. The summed E-state index contributed by atoms with van der Waals surface area (Å²) in [6.45, 7) is 3.86. The topological polar surface area (TPSA) is 29.1 Å². The van der Waals surface area contributed by atoms with Crippen LogP contribution in [0.5, 0.6) is 0 Å². The van der Waals surface area contributed by atoms with Crippen molar-refractivity contribution in [3.8, 4) is 0 Å². The molecule has 86 valence electrons. The molecule has 1 fully saturated rings. The van der Waals surface area contributed by atoms with E-state index in [9.17, 15) is 4.79 Å². The minimum atomic E-state index is -0.254. The standard InChI is InChI=1S/C13H16ClNO/c1-13(6-8-15-9-7-13)12(16)10-4-2-3-5-11(10)14/h2-5,15H,6-9H2,1H3. The van der Waals surface area contributed by atoms with Crippen LogP contribution in [-0.2, 0) is 0 Å². The van der Waals surface area contributed by atoms with Gasteiger partial charge in [-0.3, -0.25) is 4.79 Å². The average molecular weight is 238 g/mol. The molecule has 1 aromatic carbocycles. The lowest BCUT2D eigenvalue weighted by atomic mass is 9.75. The van der Waals surface area contributed by atoms with Gasteiger partial charge in [0.2, 0.25) is 0 Å². The normalized spacial score (nSPS) is 19.4. The van der Waals surface area contributed by atoms with Crippen molar-refractivity contribution in [3.63, 3.8) is 0 Å². The third kappa shape index (κ3) is 2.13. The van der Waals surface area contributed by atoms with E-state index in [1.165, 1.54) is 0 Å². The van der Waals surface area contributed by atoms with Crippen LogP contribution in [0, 0.1) is 5.41 Å². The van der Waals surface area contributed by atoms with Gasteiger partial charge in [-0.15, -0.1) is 0 Å². The van der Waals surface area contributed by atoms with Crippen LogP contribution >= 0.6 is 11.6 Å². The largest absolute Gasteiger partial charge is 0.317 e. The van der Waals surface area contributed by atoms with Gasteiger partial charge >= 0.3 is 0 Å². The Morgan fingerprint density at radius 1 is 1.31 bits per heavy atom. The van der Waals surface area contributed by atoms with Gasteiger partial charge < -0.3 is 5.32 Å². The summed E-state index contributed by atoms with van der Waals surface area (Å²) in [6, 6.07) is 7.31. The second kappa shape index (κ2) is 4.56. The molecule has 0 aliphatic carbocycles. The van der Waals surface area contributed by atoms with Crippen molar-refractivity contribution < 1.29 is 4.79 Å². The molecule has 1 aliphatic rings. The van der Waals surface area contributed by atoms with Crippen LogP contribution in [0.15, 0.2) is 24.3 Å². The molecule has 0 amide bonds. The molecule has 0 unspecified atom stereocenters. The predicted molar refractivity (Wildman–Crippen MR) is 66.0 cm³/mol. The van der Waals surface area contributed by atoms with Gasteiger partial charge in [0.1, 0.15) is 0 Å². The smallest absolute Gasteiger partial charge is 0.170 e. The van der Waals surface area contributed by atoms with Crippen molar-refractivity contribution in [2.24, 2.45) is 5.41 Å². The highest BCUT2D eigenvalue weighted by atomic mass is 35.5. The average Bonchev–Trinajstić information content (AvgIpc) is 2.30. The molecule has 0 aromatic heterocycles. The molecular weight excluding hydrogens is 222 g/mol. The summed E-state index contributed by atoms with van der Waals surface area (Å²) in [4.78, 5) is 12.4. The molecule has 2 rings (SSSR count). The SMILES string of the molecule is CC1(C(=O)c2ccccc2Cl)CCNCC1. The van der Waals surface area contributed by atoms with E-state index in [4.69, 9.17) is 11.6 Å². The third-order valence-corrected chi connectivity index (χ3v) is 3.70. The Kier molecular flexibility index (Phi) is 3.31. The van der Waals surface area contributed by atoms with E-state index >= 15 is 0 Å². The Hall–Kier alpha value is -0.860. The first-order valence-electron chi connectivity index (χ1n) is 5.63. The molecule has 1 aromatic rings. The highest BCUT2D eigenvalue weighted by molar-refractivity contribution is 6.34. The molecule has 1 aliphatic heterocycles. The third-order valence-electron chi connectivity index (χ3n) is 3.37. The van der Waals surface area contributed by atoms with E-state index in [0.29, 0.717) is 10.6 Å². The van der Waals surface area contributed by atoms with Crippen LogP contribution in [0.2, 0.25) is 5.02 Å². The maximum absolute atomic E-state index is 12.4. The van der Waals surface area contributed by atoms with Gasteiger partial charge in [-0.2, -0.15) is 0 Å². The number of Topliss-reactive ketones (excluding diaryl/α,β-unsaturated/α-hetero) is 1. The number of nitrogens with one attached hydrogen (secondary N) is 1. The molecule has 1 saturated heterocycles. The van der Waals surface area contributed by atoms with Gasteiger partial charge in [-0.25, -0.2) is 0 Å². The molecule has 1 heterocycles. The second-order valence-corrected chi connectivity index (χ2v) is 5.03. The summed E-state index contributed by atoms with van der Waals surface area (Å²) in [5, 5.41) is 3.84. The summed E-state index contributed by atoms with van der Waals surface area (Å²) in [5.41, 5.74) is 0.407. The van der Waals surface area contributed by atoms with Crippen LogP contribution in [-0.4, -0.2) is 18.9 Å². The summed E-state index contributed by atoms with van der Waals surface area (Å²) in [5.74, 6) is 0.180. The van der Waals surface area contributed by atoms with Gasteiger partial charge in [-0.05, 0) is 38.1 Å². The molecule has 3 heteroatoms. The maximum atomic E-state index is 12.4. The van der Waals surface area contributed by atoms with Crippen LogP contribution < -0.4 is 5.32 Å². The molecule has 0 saturated carbocycles. The van der Waals surface area contributed by atoms with Gasteiger partial charge in [0, 0.05) is 11.0 Å². The van der Waals surface area contributed by atoms with Crippen LogP contribution in [0.4, 0.5) is 0 Å². The van der Waals surface area contributed by atoms with E-state index in [1.54, 1.807) is 6.07 Å². The molecule has 0 atom stereocenters. The number of piperidine rings is 1. The lowest BCUT2D eigenvalue weighted by Crippen LogP contribution is -2.40. The molecular formula is C13H16ClNO. The first kappa shape index (κ1) is 11.6. The Labute approximate surface area is 101 Å². The van der Waals surface area contributed by atoms with Gasteiger partial charge in [0.05, 0.1) is 5.02 Å². The summed E-state index contributed by atoms with van der Waals surface area (Å²) < 4.78 is 0. The zero-order valence-corrected chi connectivity index (χ0v) is 10.2. The number of hydrogen-bond donors (Lipinski definition) is 1. The van der Waals surface area contributed by atoms with Crippen LogP contribution in [0.3, 0.4) is 0 Å². The number of benzene rings is 1. The number of halogens is 1. The van der Waals surface area contributed by atoms with Crippen molar-refractivity contribution in [2.45, 2.75) is 19.8 Å². The number of carbonyl (C=O) groups is 1. The van der Waals surface area contributed by atoms with Gasteiger partial charge in [0.25, 0.3) is 0 Å². The molecule has 0 spiro atoms. The highest BCUT2D eigenvalue weighted by Gasteiger charge is 2.35. The fraction of sp³-hybridized carbons (Fsp3) is 0.462. The minimum absolute atomic E-state index is 0.180. The van der Waals surface area contributed by atoms with Crippen LogP contribution in [0.1, 0.15) is 30.1 Å². The zero-order valence-electron chi connectivity index (χ0n) is 9.42. The van der Waals surface area contributed by atoms with Crippen LogP contribution in [0.25, 0.3) is 0 Å². The quantitative estimate of drug-likeness (QED) is 0.802. The fourth-order valence-corrected chi connectivity index (χ4v) is 2.40. The lowest BCUT2D eigenvalue weighted by Gasteiger charge is -2.32. The number of ketones is 1. The molecule has 16 heavy (non-hydrogen) atoms. The van der Waals surface area contributed by atoms with Crippen molar-refractivity contribution >= 4 is 17.4 Å². The minimum Gasteiger partial charge on any atom is -0.317 e. The van der Waals surface area contributed by atoms with Crippen molar-refractivity contribution in [1.29, 1.82) is 0 Å². The molecule has 0 radical (unpaired) electrons. The van der Waals surface area contributed by atoms with Crippen molar-refractivity contribution in [1.82, 2.24) is 5.32 Å². The number of hydrogen-bond acceptors (Lipinski definition) is 2. The van der Waals surface area contributed by atoms with Crippen molar-refractivity contribution in [2.75, 3.05) is 13.1 Å². The van der Waals surface area contributed by atoms with E-state index in [2.05, 4.69) is 5.32 Å². The first-order valence-corrected chi connectivity index (χ1v) is 6.01. The van der Waals surface area contributed by atoms with Gasteiger partial charge in [-0.1, -0.05) is 30.7 Å². The first-order chi connectivity index (χ1) is 7.63. The summed E-state index contributed by atoms with van der Waals surface area (Å²) in [6.07, 6.45) is 1.77. The Morgan fingerprint density at radius 3 is 2.56 bits per heavy atom. The summed E-state index contributed by atoms with van der Waals surface area (Å²) >= 11 is 6.06. The fourth-order valence-electron chi connectivity index (χ4n) is 2.18. The Morgan fingerprint density at radius 2 is 1.94 bits per heavy atom. The monoisotopic (exact) mass is 237 g/mol. The van der Waals surface area contributed by atoms with Crippen molar-refractivity contribution in [3.05, 3.63) is 34.9 Å². The Balaban J connectivity index is 2.28. The summed E-state index contributed by atoms with van der Waals surface area (Å²) in [7, 11) is 0. The lowest BCUT2D eigenvalue weighted by molar-refractivity contribution is 0.0762. The number of carbonyl (C=O) groups excluding carboxylic acids is 1. The van der Waals surface area contributed by atoms with E-state index in [0.717, 1.165) is 25.9 Å². The number of rotatable bonds is 2. The molecule has 0 bridgehead atoms. The van der Waals surface area contributed by atoms with E-state index in [-0.39, 0.29) is 11.2 Å². The van der Waals surface area contributed by atoms with E-state index in [1.807, 2.05) is 25.1 Å². The van der Waals surface area contributed by atoms with Gasteiger partial charge in [0.15, 0.2) is 5.78 Å². The maximum Gasteiger partial charge on any atom is 0.170 e. The second-order valence-electron chi connectivity index (χ2n) is 4.62. The zero-order chi connectivity index (χ0) is 11.6.